The fourth-order valence-corrected chi connectivity index (χ4v) is 3.12. The summed E-state index contributed by atoms with van der Waals surface area (Å²) < 4.78 is 0.980. The van der Waals surface area contributed by atoms with Gasteiger partial charge in [-0.3, -0.25) is 4.79 Å². The number of hydrogen-bond donors (Lipinski definition) is 1. The van der Waals surface area contributed by atoms with Crippen LogP contribution < -0.4 is 10.2 Å². The van der Waals surface area contributed by atoms with Gasteiger partial charge in [-0.2, -0.15) is 0 Å². The first-order chi connectivity index (χ1) is 11.1. The molecule has 4 nitrogen and oxygen atoms in total. The van der Waals surface area contributed by atoms with Crippen molar-refractivity contribution in [1.82, 2.24) is 4.98 Å². The van der Waals surface area contributed by atoms with Gasteiger partial charge in [0.15, 0.2) is 0 Å². The molecule has 0 bridgehead atoms. The number of pyridine rings is 1. The molecule has 0 saturated carbocycles. The van der Waals surface area contributed by atoms with Gasteiger partial charge in [-0.15, -0.1) is 0 Å². The van der Waals surface area contributed by atoms with E-state index in [-0.39, 0.29) is 5.91 Å². The Morgan fingerprint density at radius 2 is 2.04 bits per heavy atom. The molecule has 2 heterocycles. The van der Waals surface area contributed by atoms with Crippen molar-refractivity contribution in [3.05, 3.63) is 52.8 Å². The Bertz CT molecular complexity index is 670. The van der Waals surface area contributed by atoms with E-state index in [2.05, 4.69) is 38.1 Å². The van der Waals surface area contributed by atoms with E-state index in [4.69, 9.17) is 0 Å². The minimum atomic E-state index is -0.189. The SMILES string of the molecule is CC1CCCN(c2ccc(C(=O)Nc3ccc(Br)cc3)nc2)C1. The summed E-state index contributed by atoms with van der Waals surface area (Å²) in [5, 5.41) is 2.86. The zero-order valence-electron chi connectivity index (χ0n) is 13.1. The van der Waals surface area contributed by atoms with E-state index >= 15 is 0 Å². The van der Waals surface area contributed by atoms with Gasteiger partial charge in [-0.1, -0.05) is 22.9 Å². The quantitative estimate of drug-likeness (QED) is 0.870. The molecule has 1 unspecified atom stereocenters. The Morgan fingerprint density at radius 3 is 2.70 bits per heavy atom. The molecule has 0 radical (unpaired) electrons. The smallest absolute Gasteiger partial charge is 0.274 e. The second-order valence-electron chi connectivity index (χ2n) is 6.06. The van der Waals surface area contributed by atoms with Gasteiger partial charge in [0.1, 0.15) is 5.69 Å². The van der Waals surface area contributed by atoms with Crippen LogP contribution >= 0.6 is 15.9 Å². The van der Waals surface area contributed by atoms with Crippen LogP contribution in [0.1, 0.15) is 30.3 Å². The molecule has 1 aromatic heterocycles. The van der Waals surface area contributed by atoms with E-state index in [1.54, 1.807) is 12.3 Å². The molecule has 5 heteroatoms. The molecule has 1 aliphatic rings. The van der Waals surface area contributed by atoms with Crippen LogP contribution in [0.3, 0.4) is 0 Å². The van der Waals surface area contributed by atoms with E-state index in [1.807, 2.05) is 30.3 Å². The topological polar surface area (TPSA) is 45.2 Å². The number of carbonyl (C=O) groups is 1. The highest BCUT2D eigenvalue weighted by atomic mass is 79.9. The molecule has 1 saturated heterocycles. The molecule has 1 amide bonds. The Labute approximate surface area is 145 Å². The number of halogens is 1. The standard InChI is InChI=1S/C18H20BrN3O/c1-13-3-2-10-22(12-13)16-8-9-17(20-11-16)18(23)21-15-6-4-14(19)5-7-15/h4-9,11,13H,2-3,10,12H2,1H3,(H,21,23). The Kier molecular flexibility index (Phi) is 4.96. The van der Waals surface area contributed by atoms with Crippen LogP contribution in [-0.2, 0) is 0 Å². The largest absolute Gasteiger partial charge is 0.370 e. The number of hydrogen-bond acceptors (Lipinski definition) is 3. The summed E-state index contributed by atoms with van der Waals surface area (Å²) in [6.07, 6.45) is 4.30. The van der Waals surface area contributed by atoms with Crippen molar-refractivity contribution in [3.63, 3.8) is 0 Å². The Hall–Kier alpha value is -1.88. The van der Waals surface area contributed by atoms with E-state index < -0.39 is 0 Å². The fourth-order valence-electron chi connectivity index (χ4n) is 2.86. The summed E-state index contributed by atoms with van der Waals surface area (Å²) in [7, 11) is 0. The number of anilines is 2. The number of nitrogens with zero attached hydrogens (tertiary/aromatic N) is 2. The van der Waals surface area contributed by atoms with Crippen LogP contribution in [0.4, 0.5) is 11.4 Å². The monoisotopic (exact) mass is 373 g/mol. The molecule has 1 fully saturated rings. The molecule has 3 rings (SSSR count). The van der Waals surface area contributed by atoms with Crippen LogP contribution in [-0.4, -0.2) is 24.0 Å². The normalized spacial score (nSPS) is 17.8. The minimum absolute atomic E-state index is 0.189. The zero-order chi connectivity index (χ0) is 16.2. The summed E-state index contributed by atoms with van der Waals surface area (Å²) in [6.45, 7) is 4.40. The van der Waals surface area contributed by atoms with Crippen molar-refractivity contribution in [2.45, 2.75) is 19.8 Å². The predicted octanol–water partition coefficient (Wildman–Crippen LogP) is 4.33. The zero-order valence-corrected chi connectivity index (χ0v) is 14.7. The van der Waals surface area contributed by atoms with Crippen molar-refractivity contribution in [2.24, 2.45) is 5.92 Å². The van der Waals surface area contributed by atoms with Crippen molar-refractivity contribution in [2.75, 3.05) is 23.3 Å². The molecule has 2 aromatic rings. The highest BCUT2D eigenvalue weighted by Crippen LogP contribution is 2.22. The van der Waals surface area contributed by atoms with Crippen LogP contribution in [0.25, 0.3) is 0 Å². The molecular formula is C18H20BrN3O. The second-order valence-corrected chi connectivity index (χ2v) is 6.97. The van der Waals surface area contributed by atoms with Gasteiger partial charge in [0.25, 0.3) is 5.91 Å². The predicted molar refractivity (Wildman–Crippen MR) is 96.9 cm³/mol. The second kappa shape index (κ2) is 7.13. The lowest BCUT2D eigenvalue weighted by atomic mass is 10.00. The van der Waals surface area contributed by atoms with E-state index in [0.29, 0.717) is 11.6 Å². The first-order valence-corrected chi connectivity index (χ1v) is 8.69. The van der Waals surface area contributed by atoms with Gasteiger partial charge in [0, 0.05) is 23.2 Å². The molecule has 120 valence electrons. The van der Waals surface area contributed by atoms with E-state index in [0.717, 1.165) is 28.9 Å². The third-order valence-corrected chi connectivity index (χ3v) is 4.63. The summed E-state index contributed by atoms with van der Waals surface area (Å²) in [5.74, 6) is 0.523. The molecular weight excluding hydrogens is 354 g/mol. The average Bonchev–Trinajstić information content (AvgIpc) is 2.57. The van der Waals surface area contributed by atoms with Crippen molar-refractivity contribution in [1.29, 1.82) is 0 Å². The number of rotatable bonds is 3. The lowest BCUT2D eigenvalue weighted by Gasteiger charge is -2.32. The lowest BCUT2D eigenvalue weighted by Crippen LogP contribution is -2.34. The first kappa shape index (κ1) is 16.0. The van der Waals surface area contributed by atoms with E-state index in [1.165, 1.54) is 12.8 Å². The minimum Gasteiger partial charge on any atom is -0.370 e. The Morgan fingerprint density at radius 1 is 1.26 bits per heavy atom. The third kappa shape index (κ3) is 4.10. The van der Waals surface area contributed by atoms with Gasteiger partial charge >= 0.3 is 0 Å². The molecule has 23 heavy (non-hydrogen) atoms. The molecule has 1 aliphatic heterocycles. The maximum atomic E-state index is 12.2. The van der Waals surface area contributed by atoms with Crippen molar-refractivity contribution in [3.8, 4) is 0 Å². The number of benzene rings is 1. The van der Waals surface area contributed by atoms with Crippen molar-refractivity contribution >= 4 is 33.2 Å². The van der Waals surface area contributed by atoms with E-state index in [9.17, 15) is 4.79 Å². The number of carbonyl (C=O) groups excluding carboxylic acids is 1. The number of amides is 1. The van der Waals surface area contributed by atoms with Crippen LogP contribution in [0, 0.1) is 5.92 Å². The van der Waals surface area contributed by atoms with Crippen LogP contribution in [0.2, 0.25) is 0 Å². The molecule has 0 spiro atoms. The third-order valence-electron chi connectivity index (χ3n) is 4.10. The number of piperidine rings is 1. The molecule has 1 aromatic carbocycles. The maximum Gasteiger partial charge on any atom is 0.274 e. The van der Waals surface area contributed by atoms with Crippen molar-refractivity contribution < 1.29 is 4.79 Å². The molecule has 0 aliphatic carbocycles. The maximum absolute atomic E-state index is 12.2. The van der Waals surface area contributed by atoms with Gasteiger partial charge in [-0.05, 0) is 55.2 Å². The van der Waals surface area contributed by atoms with Crippen LogP contribution in [0.5, 0.6) is 0 Å². The van der Waals surface area contributed by atoms with Gasteiger partial charge in [0.05, 0.1) is 11.9 Å². The first-order valence-electron chi connectivity index (χ1n) is 7.90. The summed E-state index contributed by atoms with van der Waals surface area (Å²) in [6, 6.07) is 11.3. The highest BCUT2D eigenvalue weighted by molar-refractivity contribution is 9.10. The average molecular weight is 374 g/mol. The number of nitrogens with one attached hydrogen (secondary N) is 1. The summed E-state index contributed by atoms with van der Waals surface area (Å²) >= 11 is 3.38. The van der Waals surface area contributed by atoms with Gasteiger partial charge in [-0.25, -0.2) is 4.98 Å². The fraction of sp³-hybridized carbons (Fsp3) is 0.333. The molecule has 1 atom stereocenters. The van der Waals surface area contributed by atoms with Gasteiger partial charge < -0.3 is 10.2 Å². The van der Waals surface area contributed by atoms with Gasteiger partial charge in [0.2, 0.25) is 0 Å². The Balaban J connectivity index is 1.66. The molecule has 1 N–H and O–H groups in total. The van der Waals surface area contributed by atoms with Crippen LogP contribution in [0.15, 0.2) is 47.1 Å². The highest BCUT2D eigenvalue weighted by Gasteiger charge is 2.17. The summed E-state index contributed by atoms with van der Waals surface area (Å²) in [4.78, 5) is 18.9. The summed E-state index contributed by atoms with van der Waals surface area (Å²) in [5.41, 5.74) is 2.28. The number of aromatic nitrogens is 1. The lowest BCUT2D eigenvalue weighted by molar-refractivity contribution is 0.102.